The van der Waals surface area contributed by atoms with Gasteiger partial charge in [0.05, 0.1) is 5.69 Å². The smallest absolute Gasteiger partial charge is 0.225 e. The largest absolute Gasteiger partial charge is 0.352 e. The maximum Gasteiger partial charge on any atom is 0.225 e. The first kappa shape index (κ1) is 21.8. The minimum atomic E-state index is 0.0196. The van der Waals surface area contributed by atoms with Gasteiger partial charge in [-0.25, -0.2) is 4.98 Å². The van der Waals surface area contributed by atoms with E-state index in [4.69, 9.17) is 4.98 Å². The number of hydrogen-bond donors (Lipinski definition) is 1. The van der Waals surface area contributed by atoms with Gasteiger partial charge in [0, 0.05) is 49.4 Å². The van der Waals surface area contributed by atoms with Crippen LogP contribution in [0.4, 0.5) is 5.13 Å². The number of thiazole rings is 1. The van der Waals surface area contributed by atoms with Crippen LogP contribution in [0.1, 0.15) is 42.0 Å². The zero-order valence-electron chi connectivity index (χ0n) is 18.7. The second-order valence-corrected chi connectivity index (χ2v) is 10.0. The lowest BCUT2D eigenvalue weighted by Crippen LogP contribution is -2.49. The molecular formula is C24H32N4O2S. The van der Waals surface area contributed by atoms with Crippen molar-refractivity contribution >= 4 is 28.3 Å². The number of aromatic nitrogens is 1. The lowest BCUT2D eigenvalue weighted by atomic mass is 9.90. The van der Waals surface area contributed by atoms with E-state index in [0.717, 1.165) is 61.8 Å². The second kappa shape index (κ2) is 9.39. The fraction of sp³-hybridized carbons (Fsp3) is 0.542. The van der Waals surface area contributed by atoms with Crippen molar-refractivity contribution < 1.29 is 9.59 Å². The summed E-state index contributed by atoms with van der Waals surface area (Å²) in [5.41, 5.74) is 3.50. The minimum absolute atomic E-state index is 0.0196. The molecule has 2 aliphatic rings. The first-order valence-electron chi connectivity index (χ1n) is 11.3. The molecule has 1 aromatic heterocycles. The number of fused-ring (bicyclic) bond motifs is 1. The van der Waals surface area contributed by atoms with E-state index in [-0.39, 0.29) is 23.7 Å². The molecule has 1 saturated heterocycles. The lowest BCUT2D eigenvalue weighted by Gasteiger charge is -2.35. The number of carbonyl (C=O) groups excluding carboxylic acids is 2. The highest BCUT2D eigenvalue weighted by molar-refractivity contribution is 7.15. The molecule has 0 radical (unpaired) electrons. The number of anilines is 1. The van der Waals surface area contributed by atoms with Crippen LogP contribution in [0.2, 0.25) is 0 Å². The molecule has 4 rings (SSSR count). The minimum Gasteiger partial charge on any atom is -0.352 e. The van der Waals surface area contributed by atoms with E-state index in [1.807, 2.05) is 24.8 Å². The van der Waals surface area contributed by atoms with Crippen molar-refractivity contribution in [1.29, 1.82) is 0 Å². The third kappa shape index (κ3) is 5.09. The van der Waals surface area contributed by atoms with Crippen molar-refractivity contribution in [2.45, 2.75) is 46.6 Å². The molecule has 0 unspecified atom stereocenters. The van der Waals surface area contributed by atoms with Gasteiger partial charge in [0.2, 0.25) is 11.8 Å². The van der Waals surface area contributed by atoms with E-state index in [0.29, 0.717) is 6.54 Å². The SMILES string of the molecule is Cc1cccc(CNC(=O)[C@@H]2CCc3nc(N4CCN(C(=O)C(C)C)CC4)sc3C2)c1. The van der Waals surface area contributed by atoms with Crippen LogP contribution in [-0.2, 0) is 29.0 Å². The number of nitrogens with one attached hydrogen (secondary N) is 1. The third-order valence-electron chi connectivity index (χ3n) is 6.20. The average Bonchev–Trinajstić information content (AvgIpc) is 3.20. The molecule has 0 spiro atoms. The van der Waals surface area contributed by atoms with E-state index < -0.39 is 0 Å². The molecule has 1 aliphatic carbocycles. The highest BCUT2D eigenvalue weighted by Gasteiger charge is 2.30. The van der Waals surface area contributed by atoms with Gasteiger partial charge >= 0.3 is 0 Å². The van der Waals surface area contributed by atoms with Gasteiger partial charge in [0.15, 0.2) is 5.13 Å². The van der Waals surface area contributed by atoms with Crippen LogP contribution < -0.4 is 10.2 Å². The summed E-state index contributed by atoms with van der Waals surface area (Å²) in [4.78, 5) is 35.4. The molecule has 6 nitrogen and oxygen atoms in total. The van der Waals surface area contributed by atoms with Crippen LogP contribution in [0.5, 0.6) is 0 Å². The normalized spacial score (nSPS) is 18.8. The molecule has 2 heterocycles. The monoisotopic (exact) mass is 440 g/mol. The highest BCUT2D eigenvalue weighted by Crippen LogP contribution is 2.34. The van der Waals surface area contributed by atoms with Gasteiger partial charge in [-0.15, -0.1) is 11.3 Å². The molecule has 0 bridgehead atoms. The molecule has 2 amide bonds. The summed E-state index contributed by atoms with van der Waals surface area (Å²) >= 11 is 1.73. The first-order valence-corrected chi connectivity index (χ1v) is 12.1. The highest BCUT2D eigenvalue weighted by atomic mass is 32.1. The topological polar surface area (TPSA) is 65.5 Å². The molecule has 1 N–H and O–H groups in total. The molecule has 166 valence electrons. The fourth-order valence-electron chi connectivity index (χ4n) is 4.36. The maximum absolute atomic E-state index is 12.8. The molecule has 2 aromatic rings. The summed E-state index contributed by atoms with van der Waals surface area (Å²) in [7, 11) is 0. The Balaban J connectivity index is 1.32. The van der Waals surface area contributed by atoms with Crippen molar-refractivity contribution in [3.05, 3.63) is 46.0 Å². The number of hydrogen-bond acceptors (Lipinski definition) is 5. The van der Waals surface area contributed by atoms with Gasteiger partial charge in [-0.05, 0) is 31.7 Å². The van der Waals surface area contributed by atoms with Crippen molar-refractivity contribution in [1.82, 2.24) is 15.2 Å². The average molecular weight is 441 g/mol. The van der Waals surface area contributed by atoms with E-state index in [1.54, 1.807) is 11.3 Å². The van der Waals surface area contributed by atoms with Gasteiger partial charge in [0.25, 0.3) is 0 Å². The maximum atomic E-state index is 12.8. The molecule has 1 atom stereocenters. The van der Waals surface area contributed by atoms with Gasteiger partial charge in [-0.2, -0.15) is 0 Å². The number of nitrogens with zero attached hydrogens (tertiary/aromatic N) is 3. The fourth-order valence-corrected chi connectivity index (χ4v) is 5.60. The van der Waals surface area contributed by atoms with Crippen molar-refractivity contribution in [3.63, 3.8) is 0 Å². The Hall–Kier alpha value is -2.41. The van der Waals surface area contributed by atoms with Crippen LogP contribution in [0, 0.1) is 18.8 Å². The summed E-state index contributed by atoms with van der Waals surface area (Å²) in [6.45, 7) is 9.72. The predicted octanol–water partition coefficient (Wildman–Crippen LogP) is 3.18. The van der Waals surface area contributed by atoms with Crippen LogP contribution in [-0.4, -0.2) is 47.9 Å². The summed E-state index contributed by atoms with van der Waals surface area (Å²) in [6.07, 6.45) is 2.49. The Morgan fingerprint density at radius 2 is 2.00 bits per heavy atom. The molecule has 1 aliphatic heterocycles. The summed E-state index contributed by atoms with van der Waals surface area (Å²) < 4.78 is 0. The molecule has 0 saturated carbocycles. The zero-order chi connectivity index (χ0) is 22.0. The quantitative estimate of drug-likeness (QED) is 0.776. The van der Waals surface area contributed by atoms with Gasteiger partial charge in [-0.1, -0.05) is 43.7 Å². The first-order chi connectivity index (χ1) is 14.9. The van der Waals surface area contributed by atoms with E-state index >= 15 is 0 Å². The lowest BCUT2D eigenvalue weighted by molar-refractivity contribution is -0.134. The third-order valence-corrected chi connectivity index (χ3v) is 7.38. The van der Waals surface area contributed by atoms with Crippen molar-refractivity contribution in [2.75, 3.05) is 31.1 Å². The van der Waals surface area contributed by atoms with E-state index in [2.05, 4.69) is 35.3 Å². The van der Waals surface area contributed by atoms with Crippen molar-refractivity contribution in [2.24, 2.45) is 11.8 Å². The van der Waals surface area contributed by atoms with Crippen LogP contribution in [0.25, 0.3) is 0 Å². The van der Waals surface area contributed by atoms with Gasteiger partial charge in [0.1, 0.15) is 0 Å². The van der Waals surface area contributed by atoms with Crippen LogP contribution >= 0.6 is 11.3 Å². The number of aryl methyl sites for hydroxylation is 2. The summed E-state index contributed by atoms with van der Waals surface area (Å²) in [5, 5.41) is 4.16. The van der Waals surface area contributed by atoms with Crippen molar-refractivity contribution in [3.8, 4) is 0 Å². The van der Waals surface area contributed by atoms with E-state index in [9.17, 15) is 9.59 Å². The zero-order valence-corrected chi connectivity index (χ0v) is 19.5. The molecule has 31 heavy (non-hydrogen) atoms. The Morgan fingerprint density at radius 3 is 2.71 bits per heavy atom. The van der Waals surface area contributed by atoms with Crippen LogP contribution in [0.15, 0.2) is 24.3 Å². The summed E-state index contributed by atoms with van der Waals surface area (Å²) in [5.74, 6) is 0.444. The number of carbonyl (C=O) groups is 2. The van der Waals surface area contributed by atoms with E-state index in [1.165, 1.54) is 10.4 Å². The Morgan fingerprint density at radius 1 is 1.23 bits per heavy atom. The Bertz CT molecular complexity index is 947. The number of piperazine rings is 1. The van der Waals surface area contributed by atoms with Gasteiger partial charge in [-0.3, -0.25) is 9.59 Å². The standard InChI is InChI=1S/C24H32N4O2S/c1-16(2)23(30)27-9-11-28(12-10-27)24-26-20-8-7-19(14-21(20)31-24)22(29)25-15-18-6-4-5-17(3)13-18/h4-6,13,16,19H,7-12,14-15H2,1-3H3,(H,25,29)/t19-/m1/s1. The molecular weight excluding hydrogens is 408 g/mol. The second-order valence-electron chi connectivity index (χ2n) is 8.98. The molecule has 7 heteroatoms. The number of benzene rings is 1. The number of amides is 2. The predicted molar refractivity (Wildman–Crippen MR) is 124 cm³/mol. The van der Waals surface area contributed by atoms with Crippen LogP contribution in [0.3, 0.4) is 0 Å². The summed E-state index contributed by atoms with van der Waals surface area (Å²) in [6, 6.07) is 8.26. The number of rotatable bonds is 5. The molecule has 1 fully saturated rings. The van der Waals surface area contributed by atoms with Gasteiger partial charge < -0.3 is 15.1 Å². The molecule has 1 aromatic carbocycles. The Labute approximate surface area is 188 Å². The Kier molecular flexibility index (Phi) is 6.60.